The van der Waals surface area contributed by atoms with E-state index in [-0.39, 0.29) is 12.1 Å². The average molecular weight is 228 g/mol. The molecule has 0 spiro atoms. The number of aliphatic hydroxyl groups is 2. The van der Waals surface area contributed by atoms with Crippen molar-refractivity contribution in [2.75, 3.05) is 0 Å². The molecule has 0 saturated carbocycles. The monoisotopic (exact) mass is 228 g/mol. The van der Waals surface area contributed by atoms with Gasteiger partial charge in [0.05, 0.1) is 0 Å². The van der Waals surface area contributed by atoms with Crippen molar-refractivity contribution in [3.8, 4) is 0 Å². The van der Waals surface area contributed by atoms with Crippen molar-refractivity contribution < 1.29 is 19.4 Å². The fourth-order valence-corrected chi connectivity index (χ4v) is 1.37. The normalized spacial score (nSPS) is 14.5. The van der Waals surface area contributed by atoms with Gasteiger partial charge in [-0.2, -0.15) is 0 Å². The Labute approximate surface area is 91.5 Å². The van der Waals surface area contributed by atoms with E-state index < -0.39 is 23.9 Å². The molecule has 0 bridgehead atoms. The van der Waals surface area contributed by atoms with Gasteiger partial charge in [-0.1, -0.05) is 6.07 Å². The highest BCUT2D eigenvalue weighted by Crippen LogP contribution is 2.21. The van der Waals surface area contributed by atoms with E-state index in [1.165, 1.54) is 6.07 Å². The molecule has 2 atom stereocenters. The number of carbonyl (C=O) groups is 1. The molecule has 0 aliphatic heterocycles. The molecule has 0 fully saturated rings. The Bertz CT molecular complexity index is 398. The van der Waals surface area contributed by atoms with E-state index in [0.717, 1.165) is 12.1 Å². The van der Waals surface area contributed by atoms with Crippen LogP contribution in [-0.2, 0) is 11.3 Å². The molecule has 16 heavy (non-hydrogen) atoms. The number of amides is 1. The van der Waals surface area contributed by atoms with E-state index in [1.807, 2.05) is 0 Å². The summed E-state index contributed by atoms with van der Waals surface area (Å²) >= 11 is 0. The minimum atomic E-state index is -1.74. The summed E-state index contributed by atoms with van der Waals surface area (Å²) in [5, 5.41) is 18.9. The summed E-state index contributed by atoms with van der Waals surface area (Å²) < 4.78 is 12.9. The summed E-state index contributed by atoms with van der Waals surface area (Å²) in [6, 6.07) is 3.49. The van der Waals surface area contributed by atoms with Gasteiger partial charge in [0.25, 0.3) is 0 Å². The van der Waals surface area contributed by atoms with Crippen LogP contribution < -0.4 is 11.5 Å². The van der Waals surface area contributed by atoms with Crippen LogP contribution in [0.4, 0.5) is 4.39 Å². The highest BCUT2D eigenvalue weighted by Gasteiger charge is 2.25. The van der Waals surface area contributed by atoms with Gasteiger partial charge in [-0.25, -0.2) is 4.39 Å². The van der Waals surface area contributed by atoms with Crippen molar-refractivity contribution in [1.29, 1.82) is 0 Å². The molecule has 1 aromatic rings. The number of hydrogen-bond donors (Lipinski definition) is 4. The van der Waals surface area contributed by atoms with E-state index in [1.54, 1.807) is 0 Å². The Morgan fingerprint density at radius 1 is 1.44 bits per heavy atom. The lowest BCUT2D eigenvalue weighted by atomic mass is 9.98. The number of aliphatic hydroxyl groups excluding tert-OH is 2. The molecule has 1 aromatic carbocycles. The summed E-state index contributed by atoms with van der Waals surface area (Å²) in [7, 11) is 0. The van der Waals surface area contributed by atoms with Gasteiger partial charge in [0, 0.05) is 6.54 Å². The summed E-state index contributed by atoms with van der Waals surface area (Å²) in [6.07, 6.45) is -3.24. The van der Waals surface area contributed by atoms with Gasteiger partial charge in [-0.15, -0.1) is 0 Å². The van der Waals surface area contributed by atoms with Crippen molar-refractivity contribution in [1.82, 2.24) is 0 Å². The predicted octanol–water partition coefficient (Wildman–Crippen LogP) is -0.836. The number of hydrogen-bond acceptors (Lipinski definition) is 4. The van der Waals surface area contributed by atoms with Crippen LogP contribution in [-0.4, -0.2) is 22.2 Å². The van der Waals surface area contributed by atoms with Crippen LogP contribution in [0.15, 0.2) is 18.2 Å². The molecule has 1 amide bonds. The van der Waals surface area contributed by atoms with Crippen molar-refractivity contribution in [2.24, 2.45) is 11.5 Å². The lowest BCUT2D eigenvalue weighted by Crippen LogP contribution is -2.34. The number of carbonyl (C=O) groups excluding carboxylic acids is 1. The molecule has 6 heteroatoms. The fourth-order valence-electron chi connectivity index (χ4n) is 1.37. The Balaban J connectivity index is 3.07. The van der Waals surface area contributed by atoms with Crippen LogP contribution in [0.1, 0.15) is 17.2 Å². The lowest BCUT2D eigenvalue weighted by Gasteiger charge is -2.18. The molecule has 0 heterocycles. The molecule has 2 unspecified atom stereocenters. The Kier molecular flexibility index (Phi) is 3.94. The molecule has 0 aromatic heterocycles. The summed E-state index contributed by atoms with van der Waals surface area (Å²) in [6.45, 7) is -0.0182. The predicted molar refractivity (Wildman–Crippen MR) is 54.5 cm³/mol. The molecule has 88 valence electrons. The van der Waals surface area contributed by atoms with Gasteiger partial charge in [0.15, 0.2) is 6.10 Å². The number of halogens is 1. The van der Waals surface area contributed by atoms with Crippen molar-refractivity contribution in [2.45, 2.75) is 18.8 Å². The molecule has 0 saturated heterocycles. The number of nitrogens with two attached hydrogens (primary N) is 2. The van der Waals surface area contributed by atoms with Crippen LogP contribution in [0.2, 0.25) is 0 Å². The average Bonchev–Trinajstić information content (AvgIpc) is 2.26. The maximum absolute atomic E-state index is 12.9. The zero-order valence-electron chi connectivity index (χ0n) is 8.43. The third-order valence-electron chi connectivity index (χ3n) is 2.23. The second-order valence-electron chi connectivity index (χ2n) is 3.34. The maximum atomic E-state index is 12.9. The number of benzene rings is 1. The smallest absolute Gasteiger partial charge is 0.249 e. The standard InChI is InChI=1S/C10H13FN2O3/c11-6-1-2-7(5(3-6)4-12)8(14)9(15)10(13)16/h1-3,8-9,14-15H,4,12H2,(H2,13,16). The van der Waals surface area contributed by atoms with Gasteiger partial charge >= 0.3 is 0 Å². The van der Waals surface area contributed by atoms with Gasteiger partial charge < -0.3 is 21.7 Å². The maximum Gasteiger partial charge on any atom is 0.249 e. The summed E-state index contributed by atoms with van der Waals surface area (Å²) in [5.74, 6) is -1.57. The SMILES string of the molecule is NCc1cc(F)ccc1C(O)C(O)C(N)=O. The van der Waals surface area contributed by atoms with E-state index >= 15 is 0 Å². The van der Waals surface area contributed by atoms with Crippen molar-refractivity contribution >= 4 is 5.91 Å². The zero-order chi connectivity index (χ0) is 12.3. The van der Waals surface area contributed by atoms with Crippen molar-refractivity contribution in [3.05, 3.63) is 35.1 Å². The first-order valence-corrected chi connectivity index (χ1v) is 4.61. The Morgan fingerprint density at radius 3 is 2.56 bits per heavy atom. The van der Waals surface area contributed by atoms with Gasteiger partial charge in [0.2, 0.25) is 5.91 Å². The molecule has 0 aliphatic rings. The van der Waals surface area contributed by atoms with E-state index in [0.29, 0.717) is 5.56 Å². The van der Waals surface area contributed by atoms with Crippen LogP contribution >= 0.6 is 0 Å². The molecule has 6 N–H and O–H groups in total. The molecule has 0 radical (unpaired) electrons. The topological polar surface area (TPSA) is 110 Å². The first kappa shape index (κ1) is 12.6. The second kappa shape index (κ2) is 5.02. The highest BCUT2D eigenvalue weighted by atomic mass is 19.1. The van der Waals surface area contributed by atoms with Gasteiger partial charge in [-0.05, 0) is 23.3 Å². The third-order valence-corrected chi connectivity index (χ3v) is 2.23. The third kappa shape index (κ3) is 2.54. The van der Waals surface area contributed by atoms with Crippen LogP contribution in [0.5, 0.6) is 0 Å². The molecular formula is C10H13FN2O3. The van der Waals surface area contributed by atoms with Gasteiger partial charge in [-0.3, -0.25) is 4.79 Å². The van der Waals surface area contributed by atoms with Gasteiger partial charge in [0.1, 0.15) is 11.9 Å². The second-order valence-corrected chi connectivity index (χ2v) is 3.34. The van der Waals surface area contributed by atoms with E-state index in [4.69, 9.17) is 11.5 Å². The first-order valence-electron chi connectivity index (χ1n) is 4.61. The zero-order valence-corrected chi connectivity index (χ0v) is 8.43. The molecule has 1 rings (SSSR count). The van der Waals surface area contributed by atoms with E-state index in [2.05, 4.69) is 0 Å². The van der Waals surface area contributed by atoms with Crippen molar-refractivity contribution in [3.63, 3.8) is 0 Å². The summed E-state index contributed by atoms with van der Waals surface area (Å²) in [5.41, 5.74) is 10.7. The Hall–Kier alpha value is -1.50. The number of primary amides is 1. The quantitative estimate of drug-likeness (QED) is 0.538. The fraction of sp³-hybridized carbons (Fsp3) is 0.300. The molecule has 5 nitrogen and oxygen atoms in total. The first-order chi connectivity index (χ1) is 7.47. The number of rotatable bonds is 4. The highest BCUT2D eigenvalue weighted by molar-refractivity contribution is 5.79. The van der Waals surface area contributed by atoms with Crippen LogP contribution in [0, 0.1) is 5.82 Å². The largest absolute Gasteiger partial charge is 0.385 e. The van der Waals surface area contributed by atoms with Crippen LogP contribution in [0.25, 0.3) is 0 Å². The molecular weight excluding hydrogens is 215 g/mol. The molecule has 0 aliphatic carbocycles. The van der Waals surface area contributed by atoms with E-state index in [9.17, 15) is 19.4 Å². The minimum Gasteiger partial charge on any atom is -0.385 e. The van der Waals surface area contributed by atoms with Crippen LogP contribution in [0.3, 0.4) is 0 Å². The summed E-state index contributed by atoms with van der Waals surface area (Å²) in [4.78, 5) is 10.7. The minimum absolute atomic E-state index is 0.0182. The Morgan fingerprint density at radius 2 is 2.06 bits per heavy atom. The lowest BCUT2D eigenvalue weighted by molar-refractivity contribution is -0.132.